The number of esters is 1. The van der Waals surface area contributed by atoms with E-state index < -0.39 is 0 Å². The standard InChI is InChI=1S/C13H18O3/c1-2-15-9-6-10-16-13(14)11-12-7-4-3-5-8-12/h3-5,7-8H,2,6,9-11H2,1H3. The van der Waals surface area contributed by atoms with Gasteiger partial charge >= 0.3 is 5.97 Å². The largest absolute Gasteiger partial charge is 0.465 e. The van der Waals surface area contributed by atoms with E-state index in [1.165, 1.54) is 0 Å². The van der Waals surface area contributed by atoms with Crippen molar-refractivity contribution in [1.29, 1.82) is 0 Å². The van der Waals surface area contributed by atoms with E-state index in [-0.39, 0.29) is 5.97 Å². The van der Waals surface area contributed by atoms with Crippen LogP contribution in [0.15, 0.2) is 30.3 Å². The summed E-state index contributed by atoms with van der Waals surface area (Å²) in [7, 11) is 0. The van der Waals surface area contributed by atoms with Crippen LogP contribution in [0, 0.1) is 0 Å². The summed E-state index contributed by atoms with van der Waals surface area (Å²) in [6.45, 7) is 3.74. The summed E-state index contributed by atoms with van der Waals surface area (Å²) < 4.78 is 10.2. The molecule has 0 radical (unpaired) electrons. The normalized spacial score (nSPS) is 10.1. The van der Waals surface area contributed by atoms with Crippen LogP contribution in [0.4, 0.5) is 0 Å². The van der Waals surface area contributed by atoms with E-state index in [0.29, 0.717) is 26.2 Å². The molecule has 0 saturated heterocycles. The van der Waals surface area contributed by atoms with Crippen LogP contribution < -0.4 is 0 Å². The Balaban J connectivity index is 2.12. The molecule has 0 amide bonds. The average Bonchev–Trinajstić information content (AvgIpc) is 2.30. The summed E-state index contributed by atoms with van der Waals surface area (Å²) >= 11 is 0. The van der Waals surface area contributed by atoms with E-state index in [1.54, 1.807) is 0 Å². The lowest BCUT2D eigenvalue weighted by Crippen LogP contribution is -2.10. The maximum absolute atomic E-state index is 11.4. The van der Waals surface area contributed by atoms with Crippen LogP contribution in [0.3, 0.4) is 0 Å². The third kappa shape index (κ3) is 5.51. The highest BCUT2D eigenvalue weighted by Gasteiger charge is 2.03. The second-order valence-electron chi connectivity index (χ2n) is 3.43. The van der Waals surface area contributed by atoms with Gasteiger partial charge in [-0.25, -0.2) is 0 Å². The third-order valence-corrected chi connectivity index (χ3v) is 2.09. The second-order valence-corrected chi connectivity index (χ2v) is 3.43. The Kier molecular flexibility index (Phi) is 6.26. The molecule has 0 aliphatic carbocycles. The molecule has 0 saturated carbocycles. The monoisotopic (exact) mass is 222 g/mol. The molecule has 0 N–H and O–H groups in total. The molecule has 0 spiro atoms. The fourth-order valence-electron chi connectivity index (χ4n) is 1.30. The minimum absolute atomic E-state index is 0.178. The number of hydrogen-bond acceptors (Lipinski definition) is 3. The SMILES string of the molecule is CCOCCCOC(=O)Cc1ccccc1. The Morgan fingerprint density at radius 2 is 1.94 bits per heavy atom. The molecule has 0 fully saturated rings. The average molecular weight is 222 g/mol. The minimum Gasteiger partial charge on any atom is -0.465 e. The van der Waals surface area contributed by atoms with Gasteiger partial charge in [0.1, 0.15) is 0 Å². The van der Waals surface area contributed by atoms with E-state index in [9.17, 15) is 4.79 Å². The summed E-state index contributed by atoms with van der Waals surface area (Å²) in [6.07, 6.45) is 1.10. The molecule has 0 unspecified atom stereocenters. The van der Waals surface area contributed by atoms with Gasteiger partial charge in [0, 0.05) is 19.6 Å². The smallest absolute Gasteiger partial charge is 0.310 e. The summed E-state index contributed by atoms with van der Waals surface area (Å²) in [5, 5.41) is 0. The zero-order valence-corrected chi connectivity index (χ0v) is 9.65. The lowest BCUT2D eigenvalue weighted by Gasteiger charge is -2.04. The van der Waals surface area contributed by atoms with Crippen molar-refractivity contribution in [2.45, 2.75) is 19.8 Å². The lowest BCUT2D eigenvalue weighted by atomic mass is 10.2. The number of carbonyl (C=O) groups is 1. The quantitative estimate of drug-likeness (QED) is 0.524. The fraction of sp³-hybridized carbons (Fsp3) is 0.462. The molecule has 1 rings (SSSR count). The molecule has 3 nitrogen and oxygen atoms in total. The van der Waals surface area contributed by atoms with Gasteiger partial charge in [0.25, 0.3) is 0 Å². The van der Waals surface area contributed by atoms with Crippen LogP contribution in [-0.4, -0.2) is 25.8 Å². The van der Waals surface area contributed by atoms with E-state index in [4.69, 9.17) is 9.47 Å². The van der Waals surface area contributed by atoms with Crippen LogP contribution in [0.1, 0.15) is 18.9 Å². The van der Waals surface area contributed by atoms with Crippen LogP contribution >= 0.6 is 0 Å². The summed E-state index contributed by atoms with van der Waals surface area (Å²) in [4.78, 5) is 11.4. The number of hydrogen-bond donors (Lipinski definition) is 0. The van der Waals surface area contributed by atoms with Gasteiger partial charge in [-0.1, -0.05) is 30.3 Å². The van der Waals surface area contributed by atoms with Crippen molar-refractivity contribution in [3.05, 3.63) is 35.9 Å². The van der Waals surface area contributed by atoms with Gasteiger partial charge in [0.15, 0.2) is 0 Å². The van der Waals surface area contributed by atoms with Crippen molar-refractivity contribution < 1.29 is 14.3 Å². The lowest BCUT2D eigenvalue weighted by molar-refractivity contribution is -0.143. The minimum atomic E-state index is -0.178. The Morgan fingerprint density at radius 3 is 2.62 bits per heavy atom. The van der Waals surface area contributed by atoms with Crippen molar-refractivity contribution in [2.75, 3.05) is 19.8 Å². The van der Waals surface area contributed by atoms with Gasteiger partial charge in [-0.15, -0.1) is 0 Å². The number of benzene rings is 1. The first kappa shape index (κ1) is 12.7. The maximum atomic E-state index is 11.4. The van der Waals surface area contributed by atoms with Crippen LogP contribution in [0.25, 0.3) is 0 Å². The maximum Gasteiger partial charge on any atom is 0.310 e. The molecule has 0 bridgehead atoms. The first-order chi connectivity index (χ1) is 7.83. The van der Waals surface area contributed by atoms with Crippen molar-refractivity contribution in [1.82, 2.24) is 0 Å². The highest BCUT2D eigenvalue weighted by Crippen LogP contribution is 2.01. The van der Waals surface area contributed by atoms with Crippen LogP contribution in [0.5, 0.6) is 0 Å². The molecule has 88 valence electrons. The van der Waals surface area contributed by atoms with Gasteiger partial charge in [-0.05, 0) is 12.5 Å². The van der Waals surface area contributed by atoms with E-state index in [0.717, 1.165) is 12.0 Å². The van der Waals surface area contributed by atoms with Gasteiger partial charge in [0.2, 0.25) is 0 Å². The van der Waals surface area contributed by atoms with Gasteiger partial charge in [-0.2, -0.15) is 0 Å². The number of rotatable bonds is 7. The summed E-state index contributed by atoms with van der Waals surface area (Å²) in [5.74, 6) is -0.178. The molecule has 1 aromatic rings. The second kappa shape index (κ2) is 7.88. The van der Waals surface area contributed by atoms with Gasteiger partial charge < -0.3 is 9.47 Å². The molecule has 3 heteroatoms. The highest BCUT2D eigenvalue weighted by atomic mass is 16.5. The fourth-order valence-corrected chi connectivity index (χ4v) is 1.30. The highest BCUT2D eigenvalue weighted by molar-refractivity contribution is 5.72. The Morgan fingerprint density at radius 1 is 1.19 bits per heavy atom. The first-order valence-corrected chi connectivity index (χ1v) is 5.60. The zero-order chi connectivity index (χ0) is 11.6. The molecule has 1 aromatic carbocycles. The molecule has 0 atom stereocenters. The van der Waals surface area contributed by atoms with Gasteiger partial charge in [0.05, 0.1) is 13.0 Å². The molecular weight excluding hydrogens is 204 g/mol. The van der Waals surface area contributed by atoms with Gasteiger partial charge in [-0.3, -0.25) is 4.79 Å². The summed E-state index contributed by atoms with van der Waals surface area (Å²) in [5.41, 5.74) is 0.984. The molecular formula is C13H18O3. The molecule has 0 aliphatic rings. The Hall–Kier alpha value is -1.35. The summed E-state index contributed by atoms with van der Waals surface area (Å²) in [6, 6.07) is 9.59. The predicted molar refractivity (Wildman–Crippen MR) is 62.2 cm³/mol. The van der Waals surface area contributed by atoms with Crippen molar-refractivity contribution in [3.8, 4) is 0 Å². The van der Waals surface area contributed by atoms with E-state index in [2.05, 4.69) is 0 Å². The van der Waals surface area contributed by atoms with Crippen LogP contribution in [0.2, 0.25) is 0 Å². The molecule has 16 heavy (non-hydrogen) atoms. The third-order valence-electron chi connectivity index (χ3n) is 2.09. The first-order valence-electron chi connectivity index (χ1n) is 5.60. The van der Waals surface area contributed by atoms with Crippen molar-refractivity contribution in [2.24, 2.45) is 0 Å². The molecule has 0 aromatic heterocycles. The van der Waals surface area contributed by atoms with Crippen molar-refractivity contribution >= 4 is 5.97 Å². The van der Waals surface area contributed by atoms with E-state index in [1.807, 2.05) is 37.3 Å². The Bertz CT molecular complexity index is 295. The predicted octanol–water partition coefficient (Wildman–Crippen LogP) is 2.20. The van der Waals surface area contributed by atoms with Crippen LogP contribution in [-0.2, 0) is 20.7 Å². The topological polar surface area (TPSA) is 35.5 Å². The van der Waals surface area contributed by atoms with Crippen molar-refractivity contribution in [3.63, 3.8) is 0 Å². The molecule has 0 aliphatic heterocycles. The number of carbonyl (C=O) groups excluding carboxylic acids is 1. The zero-order valence-electron chi connectivity index (χ0n) is 9.65. The molecule has 0 heterocycles. The van der Waals surface area contributed by atoms with E-state index >= 15 is 0 Å². The number of ether oxygens (including phenoxy) is 2. The Labute approximate surface area is 96.4 Å².